The number of ether oxygens (including phenoxy) is 1. The van der Waals surface area contributed by atoms with Crippen LogP contribution in [0.3, 0.4) is 0 Å². The molecule has 1 unspecified atom stereocenters. The molecule has 0 radical (unpaired) electrons. The van der Waals surface area contributed by atoms with Gasteiger partial charge in [0.2, 0.25) is 5.88 Å². The maximum Gasteiger partial charge on any atom is 0.215 e. The van der Waals surface area contributed by atoms with Crippen LogP contribution in [0.2, 0.25) is 0 Å². The number of aliphatic hydroxyl groups excluding tert-OH is 1. The molecule has 0 aliphatic carbocycles. The Morgan fingerprint density at radius 3 is 2.32 bits per heavy atom. The molecule has 1 atom stereocenters. The lowest BCUT2D eigenvalue weighted by atomic mass is 10.2. The number of para-hydroxylation sites is 1. The molecule has 0 spiro atoms. The summed E-state index contributed by atoms with van der Waals surface area (Å²) in [5, 5.41) is 10.3. The zero-order valence-corrected chi connectivity index (χ0v) is 12.4. The summed E-state index contributed by atoms with van der Waals surface area (Å²) in [5.74, 6) is 1.14. The molecule has 2 aromatic rings. The topological polar surface area (TPSA) is 45.1 Å². The van der Waals surface area contributed by atoms with E-state index < -0.39 is 6.23 Å². The van der Waals surface area contributed by atoms with Gasteiger partial charge < -0.3 is 9.84 Å². The Kier molecular flexibility index (Phi) is 4.21. The second-order valence-electron chi connectivity index (χ2n) is 5.06. The number of rotatable bonds is 4. The predicted octanol–water partition coefficient (Wildman–Crippen LogP) is 3.30. The number of anilines is 1. The van der Waals surface area contributed by atoms with Crippen molar-refractivity contribution >= 4 is 11.5 Å². The Morgan fingerprint density at radius 1 is 1.05 bits per heavy atom. The van der Waals surface area contributed by atoms with Gasteiger partial charge in [-0.2, -0.15) is 0 Å². The molecule has 4 heteroatoms. The van der Waals surface area contributed by atoms with Crippen molar-refractivity contribution in [2.24, 2.45) is 4.99 Å². The largest absolute Gasteiger partial charge is 0.473 e. The molecule has 1 N–H and O–H groups in total. The van der Waals surface area contributed by atoms with Crippen LogP contribution >= 0.6 is 0 Å². The van der Waals surface area contributed by atoms with E-state index in [1.807, 2.05) is 67.6 Å². The molecule has 4 nitrogen and oxygen atoms in total. The number of hydrogen-bond acceptors (Lipinski definition) is 4. The first-order chi connectivity index (χ1) is 10.7. The van der Waals surface area contributed by atoms with Crippen molar-refractivity contribution in [3.63, 3.8) is 0 Å². The van der Waals surface area contributed by atoms with E-state index in [1.54, 1.807) is 11.0 Å². The number of aliphatic hydroxyl groups is 1. The fraction of sp³-hybridized carbons (Fsp3) is 0.167. The number of nitrogens with zero attached hydrogens (tertiary/aromatic N) is 2. The van der Waals surface area contributed by atoms with Crippen molar-refractivity contribution in [3.8, 4) is 0 Å². The molecule has 0 saturated heterocycles. The van der Waals surface area contributed by atoms with Gasteiger partial charge in [-0.15, -0.1) is 0 Å². The van der Waals surface area contributed by atoms with Gasteiger partial charge in [-0.05, 0) is 24.6 Å². The van der Waals surface area contributed by atoms with Crippen LogP contribution < -0.4 is 4.90 Å². The van der Waals surface area contributed by atoms with E-state index >= 15 is 0 Å². The lowest BCUT2D eigenvalue weighted by molar-refractivity contribution is 0.174. The summed E-state index contributed by atoms with van der Waals surface area (Å²) in [6.07, 6.45) is 0.828. The fourth-order valence-corrected chi connectivity index (χ4v) is 2.38. The number of aliphatic imine (C=N–C) groups is 1. The van der Waals surface area contributed by atoms with Gasteiger partial charge in [0.05, 0.1) is 0 Å². The van der Waals surface area contributed by atoms with Crippen LogP contribution in [-0.2, 0) is 11.3 Å². The SMILES string of the molecule is CC1=NC(OCc2ccccc2)=CC(O)N1c1ccccc1. The van der Waals surface area contributed by atoms with Crippen LogP contribution in [0.1, 0.15) is 12.5 Å². The minimum atomic E-state index is -0.786. The standard InChI is InChI=1S/C18H18N2O2/c1-14-19-17(22-13-15-8-4-2-5-9-15)12-18(21)20(14)16-10-6-3-7-11-16/h2-12,18,21H,13H2,1H3. The van der Waals surface area contributed by atoms with E-state index in [-0.39, 0.29) is 0 Å². The van der Waals surface area contributed by atoms with Gasteiger partial charge in [-0.3, -0.25) is 4.90 Å². The predicted molar refractivity (Wildman–Crippen MR) is 87.4 cm³/mol. The van der Waals surface area contributed by atoms with E-state index in [0.29, 0.717) is 18.3 Å². The van der Waals surface area contributed by atoms with Crippen molar-refractivity contribution in [1.82, 2.24) is 0 Å². The molecule has 1 aliphatic heterocycles. The highest BCUT2D eigenvalue weighted by Gasteiger charge is 2.22. The van der Waals surface area contributed by atoms with Crippen LogP contribution in [0.5, 0.6) is 0 Å². The van der Waals surface area contributed by atoms with E-state index in [2.05, 4.69) is 4.99 Å². The molecule has 0 amide bonds. The summed E-state index contributed by atoms with van der Waals surface area (Å²) < 4.78 is 5.68. The quantitative estimate of drug-likeness (QED) is 0.941. The first kappa shape index (κ1) is 14.4. The average Bonchev–Trinajstić information content (AvgIpc) is 2.54. The Balaban J connectivity index is 1.72. The molecule has 112 valence electrons. The third-order valence-corrected chi connectivity index (χ3v) is 3.44. The molecule has 0 aromatic heterocycles. The molecule has 1 heterocycles. The van der Waals surface area contributed by atoms with Crippen LogP contribution in [0.4, 0.5) is 5.69 Å². The smallest absolute Gasteiger partial charge is 0.215 e. The first-order valence-corrected chi connectivity index (χ1v) is 7.20. The highest BCUT2D eigenvalue weighted by molar-refractivity contribution is 5.97. The minimum absolute atomic E-state index is 0.432. The molecular weight excluding hydrogens is 276 g/mol. The van der Waals surface area contributed by atoms with E-state index in [0.717, 1.165) is 11.3 Å². The lowest BCUT2D eigenvalue weighted by Gasteiger charge is -2.31. The Labute approximate surface area is 130 Å². The Hall–Kier alpha value is -2.59. The summed E-state index contributed by atoms with van der Waals surface area (Å²) in [7, 11) is 0. The Bertz CT molecular complexity index is 681. The van der Waals surface area contributed by atoms with Crippen LogP contribution in [0.25, 0.3) is 0 Å². The summed E-state index contributed by atoms with van der Waals surface area (Å²) in [6, 6.07) is 19.6. The molecule has 22 heavy (non-hydrogen) atoms. The molecule has 2 aromatic carbocycles. The zero-order valence-electron chi connectivity index (χ0n) is 12.4. The van der Waals surface area contributed by atoms with Crippen LogP contribution in [0, 0.1) is 0 Å². The maximum absolute atomic E-state index is 10.3. The molecule has 0 fully saturated rings. The van der Waals surface area contributed by atoms with E-state index in [4.69, 9.17) is 4.74 Å². The summed E-state index contributed by atoms with van der Waals surface area (Å²) in [4.78, 5) is 6.19. The monoisotopic (exact) mass is 294 g/mol. The van der Waals surface area contributed by atoms with Gasteiger partial charge in [0, 0.05) is 11.8 Å². The fourth-order valence-electron chi connectivity index (χ4n) is 2.38. The molecular formula is C18H18N2O2. The van der Waals surface area contributed by atoms with Crippen molar-refractivity contribution in [1.29, 1.82) is 0 Å². The molecule has 1 aliphatic rings. The van der Waals surface area contributed by atoms with Gasteiger partial charge >= 0.3 is 0 Å². The lowest BCUT2D eigenvalue weighted by Crippen LogP contribution is -2.40. The van der Waals surface area contributed by atoms with Gasteiger partial charge in [0.1, 0.15) is 12.4 Å². The van der Waals surface area contributed by atoms with E-state index in [1.165, 1.54) is 0 Å². The molecule has 0 saturated carbocycles. The summed E-state index contributed by atoms with van der Waals surface area (Å²) >= 11 is 0. The highest BCUT2D eigenvalue weighted by Crippen LogP contribution is 2.22. The van der Waals surface area contributed by atoms with Gasteiger partial charge in [-0.25, -0.2) is 4.99 Å². The minimum Gasteiger partial charge on any atom is -0.473 e. The highest BCUT2D eigenvalue weighted by atomic mass is 16.5. The maximum atomic E-state index is 10.3. The molecule has 0 bridgehead atoms. The summed E-state index contributed by atoms with van der Waals surface area (Å²) in [5.41, 5.74) is 1.96. The second-order valence-corrected chi connectivity index (χ2v) is 5.06. The first-order valence-electron chi connectivity index (χ1n) is 7.20. The average molecular weight is 294 g/mol. The van der Waals surface area contributed by atoms with Gasteiger partial charge in [0.25, 0.3) is 0 Å². The van der Waals surface area contributed by atoms with Crippen LogP contribution in [-0.4, -0.2) is 17.2 Å². The third-order valence-electron chi connectivity index (χ3n) is 3.44. The van der Waals surface area contributed by atoms with Gasteiger partial charge in [-0.1, -0.05) is 48.5 Å². The van der Waals surface area contributed by atoms with E-state index in [9.17, 15) is 5.11 Å². The number of amidine groups is 1. The number of benzene rings is 2. The van der Waals surface area contributed by atoms with Gasteiger partial charge in [0.15, 0.2) is 6.23 Å². The van der Waals surface area contributed by atoms with Crippen molar-refractivity contribution < 1.29 is 9.84 Å². The van der Waals surface area contributed by atoms with Crippen molar-refractivity contribution in [2.75, 3.05) is 4.90 Å². The van der Waals surface area contributed by atoms with Crippen molar-refractivity contribution in [2.45, 2.75) is 19.8 Å². The molecule has 3 rings (SSSR count). The third kappa shape index (κ3) is 3.18. The normalized spacial score (nSPS) is 17.7. The Morgan fingerprint density at radius 2 is 1.68 bits per heavy atom. The second kappa shape index (κ2) is 6.45. The van der Waals surface area contributed by atoms with Crippen LogP contribution in [0.15, 0.2) is 77.6 Å². The summed E-state index contributed by atoms with van der Waals surface area (Å²) in [6.45, 7) is 2.29. The number of hydrogen-bond donors (Lipinski definition) is 1. The zero-order chi connectivity index (χ0) is 15.4. The van der Waals surface area contributed by atoms with Crippen molar-refractivity contribution in [3.05, 3.63) is 78.2 Å².